The molecule has 2 saturated carbocycles. The molecule has 31 heavy (non-hydrogen) atoms. The van der Waals surface area contributed by atoms with Crippen LogP contribution >= 0.6 is 0 Å². The summed E-state index contributed by atoms with van der Waals surface area (Å²) in [7, 11) is 0. The molecule has 2 amide bonds. The van der Waals surface area contributed by atoms with Gasteiger partial charge in [0.25, 0.3) is 5.92 Å². The zero-order valence-corrected chi connectivity index (χ0v) is 17.3. The van der Waals surface area contributed by atoms with Crippen molar-refractivity contribution in [2.45, 2.75) is 57.0 Å². The molecule has 3 fully saturated rings. The molecule has 0 bridgehead atoms. The molecule has 1 aliphatic heterocycles. The van der Waals surface area contributed by atoms with Gasteiger partial charge in [0.05, 0.1) is 17.4 Å². The molecule has 2 aromatic rings. The van der Waals surface area contributed by atoms with E-state index in [4.69, 9.17) is 0 Å². The molecule has 5 nitrogen and oxygen atoms in total. The number of imidazole rings is 1. The quantitative estimate of drug-likeness (QED) is 0.702. The van der Waals surface area contributed by atoms with E-state index in [0.29, 0.717) is 28.8 Å². The number of hydrogen-bond acceptors (Lipinski definition) is 2. The second-order valence-electron chi connectivity index (χ2n) is 9.24. The summed E-state index contributed by atoms with van der Waals surface area (Å²) in [5.41, 5.74) is 1.05. The van der Waals surface area contributed by atoms with Crippen LogP contribution in [0.25, 0.3) is 11.0 Å². The molecular formula is C22H26F4N4O. The molecule has 168 valence electrons. The average molecular weight is 438 g/mol. The highest BCUT2D eigenvalue weighted by molar-refractivity contribution is 5.76. The van der Waals surface area contributed by atoms with Crippen molar-refractivity contribution in [3.8, 4) is 0 Å². The Hall–Kier alpha value is -2.32. The molecule has 3 aliphatic rings. The Kier molecular flexibility index (Phi) is 4.90. The molecule has 0 unspecified atom stereocenters. The Morgan fingerprint density at radius 1 is 1.19 bits per heavy atom. The van der Waals surface area contributed by atoms with Gasteiger partial charge in [-0.15, -0.1) is 0 Å². The lowest BCUT2D eigenvalue weighted by molar-refractivity contribution is -0.0471. The van der Waals surface area contributed by atoms with Crippen LogP contribution in [-0.2, 0) is 0 Å². The number of hydrogen-bond donors (Lipinski definition) is 1. The van der Waals surface area contributed by atoms with Crippen LogP contribution in [0.2, 0.25) is 0 Å². The van der Waals surface area contributed by atoms with E-state index in [1.807, 2.05) is 11.5 Å². The van der Waals surface area contributed by atoms with E-state index in [0.717, 1.165) is 25.3 Å². The number of fused-ring (bicyclic) bond motifs is 2. The lowest BCUT2D eigenvalue weighted by Crippen LogP contribution is -2.50. The van der Waals surface area contributed by atoms with Gasteiger partial charge in [0.1, 0.15) is 0 Å². The Labute approximate surface area is 177 Å². The largest absolute Gasteiger partial charge is 0.335 e. The molecule has 1 N–H and O–H groups in total. The van der Waals surface area contributed by atoms with Gasteiger partial charge in [-0.05, 0) is 37.0 Å². The van der Waals surface area contributed by atoms with Crippen LogP contribution in [0.15, 0.2) is 18.5 Å². The maximum absolute atomic E-state index is 13.7. The van der Waals surface area contributed by atoms with E-state index in [1.165, 1.54) is 11.0 Å². The molecule has 0 spiro atoms. The predicted octanol–water partition coefficient (Wildman–Crippen LogP) is 4.73. The van der Waals surface area contributed by atoms with Crippen LogP contribution in [0.4, 0.5) is 22.4 Å². The minimum Gasteiger partial charge on any atom is -0.335 e. The number of rotatable bonds is 4. The molecule has 5 rings (SSSR count). The van der Waals surface area contributed by atoms with Gasteiger partial charge in [-0.3, -0.25) is 0 Å². The normalized spacial score (nSPS) is 30.3. The standard InChI is InChI=1S/C22H26F4N4O/c1-2-17(28-21(31)29-5-3-22(25,26)4-6-29)20-13-7-12(8-14(13)20)30-11-27-18-9-15(23)16(24)10-19(18)30/h9-14,17,20H,2-8H2,1H3,(H,28,31)/t12-,13-,14+,17-,20+/m1/s1. The number of urea groups is 1. The number of carbonyl (C=O) groups is 1. The molecule has 9 heteroatoms. The van der Waals surface area contributed by atoms with Crippen molar-refractivity contribution in [2.24, 2.45) is 17.8 Å². The first-order valence-corrected chi connectivity index (χ1v) is 11.0. The molecule has 2 aliphatic carbocycles. The summed E-state index contributed by atoms with van der Waals surface area (Å²) in [6, 6.07) is 2.28. The summed E-state index contributed by atoms with van der Waals surface area (Å²) in [6.07, 6.45) is 3.69. The minimum atomic E-state index is -2.67. The van der Waals surface area contributed by atoms with Crippen LogP contribution in [0.1, 0.15) is 45.1 Å². The van der Waals surface area contributed by atoms with E-state index < -0.39 is 17.6 Å². The predicted molar refractivity (Wildman–Crippen MR) is 107 cm³/mol. The van der Waals surface area contributed by atoms with Gasteiger partial charge < -0.3 is 14.8 Å². The van der Waals surface area contributed by atoms with Gasteiger partial charge in [-0.2, -0.15) is 0 Å². The number of piperidine rings is 1. The zero-order valence-electron chi connectivity index (χ0n) is 17.3. The third-order valence-corrected chi connectivity index (χ3v) is 7.49. The number of nitrogens with one attached hydrogen (secondary N) is 1. The fourth-order valence-corrected chi connectivity index (χ4v) is 5.76. The summed E-state index contributed by atoms with van der Waals surface area (Å²) < 4.78 is 55.8. The molecule has 1 saturated heterocycles. The number of amides is 2. The van der Waals surface area contributed by atoms with Crippen LogP contribution in [0.3, 0.4) is 0 Å². The van der Waals surface area contributed by atoms with Crippen LogP contribution in [0.5, 0.6) is 0 Å². The van der Waals surface area contributed by atoms with E-state index >= 15 is 0 Å². The monoisotopic (exact) mass is 438 g/mol. The highest BCUT2D eigenvalue weighted by Gasteiger charge is 2.59. The molecule has 5 atom stereocenters. The zero-order chi connectivity index (χ0) is 21.9. The van der Waals surface area contributed by atoms with E-state index in [-0.39, 0.29) is 44.0 Å². The molecule has 1 aromatic carbocycles. The molecule has 2 heterocycles. The minimum absolute atomic E-state index is 0.0250. The van der Waals surface area contributed by atoms with Crippen molar-refractivity contribution < 1.29 is 22.4 Å². The van der Waals surface area contributed by atoms with Crippen molar-refractivity contribution in [3.63, 3.8) is 0 Å². The highest BCUT2D eigenvalue weighted by atomic mass is 19.3. The number of alkyl halides is 2. The highest BCUT2D eigenvalue weighted by Crippen LogP contribution is 2.62. The second-order valence-corrected chi connectivity index (χ2v) is 9.24. The number of aromatic nitrogens is 2. The first kappa shape index (κ1) is 20.6. The Bertz CT molecular complexity index is 987. The van der Waals surface area contributed by atoms with Crippen LogP contribution in [0, 0.1) is 29.4 Å². The fourth-order valence-electron chi connectivity index (χ4n) is 5.76. The third-order valence-electron chi connectivity index (χ3n) is 7.49. The topological polar surface area (TPSA) is 50.2 Å². The number of halogens is 4. The molecular weight excluding hydrogens is 412 g/mol. The smallest absolute Gasteiger partial charge is 0.317 e. The van der Waals surface area contributed by atoms with E-state index in [2.05, 4.69) is 10.3 Å². The molecule has 1 aromatic heterocycles. The fraction of sp³-hybridized carbons (Fsp3) is 0.636. The number of likely N-dealkylation sites (tertiary alicyclic amines) is 1. The van der Waals surface area contributed by atoms with E-state index in [9.17, 15) is 22.4 Å². The molecule has 0 radical (unpaired) electrons. The van der Waals surface area contributed by atoms with Crippen molar-refractivity contribution in [1.29, 1.82) is 0 Å². The lowest BCUT2D eigenvalue weighted by atomic mass is 9.99. The Morgan fingerprint density at radius 2 is 1.84 bits per heavy atom. The second kappa shape index (κ2) is 7.38. The van der Waals surface area contributed by atoms with Crippen molar-refractivity contribution in [3.05, 3.63) is 30.1 Å². The van der Waals surface area contributed by atoms with Gasteiger partial charge in [-0.1, -0.05) is 6.92 Å². The van der Waals surface area contributed by atoms with Gasteiger partial charge in [0.2, 0.25) is 0 Å². The number of benzene rings is 1. The lowest BCUT2D eigenvalue weighted by Gasteiger charge is -2.33. The average Bonchev–Trinajstić information content (AvgIpc) is 3.04. The first-order valence-electron chi connectivity index (χ1n) is 11.0. The maximum Gasteiger partial charge on any atom is 0.317 e. The number of carbonyl (C=O) groups excluding carboxylic acids is 1. The van der Waals surface area contributed by atoms with Crippen molar-refractivity contribution in [2.75, 3.05) is 13.1 Å². The van der Waals surface area contributed by atoms with Gasteiger partial charge in [0.15, 0.2) is 11.6 Å². The first-order chi connectivity index (χ1) is 14.8. The van der Waals surface area contributed by atoms with Gasteiger partial charge in [0, 0.05) is 50.1 Å². The summed E-state index contributed by atoms with van der Waals surface area (Å²) in [4.78, 5) is 18.3. The maximum atomic E-state index is 13.7. The summed E-state index contributed by atoms with van der Waals surface area (Å²) in [6.45, 7) is 2.20. The van der Waals surface area contributed by atoms with Gasteiger partial charge >= 0.3 is 6.03 Å². The summed E-state index contributed by atoms with van der Waals surface area (Å²) in [5, 5.41) is 3.08. The van der Waals surface area contributed by atoms with Gasteiger partial charge in [-0.25, -0.2) is 27.3 Å². The van der Waals surface area contributed by atoms with Crippen molar-refractivity contribution in [1.82, 2.24) is 19.8 Å². The van der Waals surface area contributed by atoms with Crippen LogP contribution < -0.4 is 5.32 Å². The third kappa shape index (κ3) is 3.65. The van der Waals surface area contributed by atoms with Crippen molar-refractivity contribution >= 4 is 17.1 Å². The number of nitrogens with zero attached hydrogens (tertiary/aromatic N) is 3. The van der Waals surface area contributed by atoms with E-state index in [1.54, 1.807) is 6.33 Å². The Balaban J connectivity index is 1.20. The Morgan fingerprint density at radius 3 is 2.48 bits per heavy atom. The summed E-state index contributed by atoms with van der Waals surface area (Å²) >= 11 is 0. The SMILES string of the molecule is CC[C@@H](NC(=O)N1CCC(F)(F)CC1)[C@H]1[C@@H]2C[C@@H](n3cnc4cc(F)c(F)cc43)C[C@@H]21. The summed E-state index contributed by atoms with van der Waals surface area (Å²) in [5.74, 6) is -3.14. The van der Waals surface area contributed by atoms with Crippen LogP contribution in [-0.4, -0.2) is 45.5 Å².